The summed E-state index contributed by atoms with van der Waals surface area (Å²) in [6.07, 6.45) is 4.56. The van der Waals surface area contributed by atoms with E-state index in [2.05, 4.69) is 12.2 Å². The highest BCUT2D eigenvalue weighted by molar-refractivity contribution is 5.13. The van der Waals surface area contributed by atoms with Crippen LogP contribution in [0.3, 0.4) is 0 Å². The van der Waals surface area contributed by atoms with Crippen LogP contribution in [0.1, 0.15) is 19.8 Å². The SMILES string of the molecule is CNC(C1=COCC1)C1COC(C)C1. The van der Waals surface area contributed by atoms with Crippen molar-refractivity contribution in [3.05, 3.63) is 11.8 Å². The molecule has 1 N–H and O–H groups in total. The maximum absolute atomic E-state index is 5.60. The number of ether oxygens (including phenoxy) is 2. The summed E-state index contributed by atoms with van der Waals surface area (Å²) in [5, 5.41) is 3.38. The minimum Gasteiger partial charge on any atom is -0.501 e. The third-order valence-electron chi connectivity index (χ3n) is 3.15. The van der Waals surface area contributed by atoms with Crippen LogP contribution in [0.25, 0.3) is 0 Å². The molecule has 14 heavy (non-hydrogen) atoms. The number of likely N-dealkylation sites (N-methyl/N-ethyl adjacent to an activating group) is 1. The van der Waals surface area contributed by atoms with Gasteiger partial charge in [0.1, 0.15) is 0 Å². The maximum Gasteiger partial charge on any atom is 0.0912 e. The molecule has 0 amide bonds. The minimum atomic E-state index is 0.416. The van der Waals surface area contributed by atoms with Crippen molar-refractivity contribution in [3.8, 4) is 0 Å². The molecule has 2 aliphatic heterocycles. The van der Waals surface area contributed by atoms with Crippen molar-refractivity contribution >= 4 is 0 Å². The summed E-state index contributed by atoms with van der Waals surface area (Å²) >= 11 is 0. The number of rotatable bonds is 3. The summed E-state index contributed by atoms with van der Waals surface area (Å²) in [4.78, 5) is 0. The van der Waals surface area contributed by atoms with Gasteiger partial charge in [-0.3, -0.25) is 0 Å². The molecule has 0 spiro atoms. The summed E-state index contributed by atoms with van der Waals surface area (Å²) in [5.41, 5.74) is 1.40. The molecule has 0 saturated carbocycles. The molecule has 3 unspecified atom stereocenters. The van der Waals surface area contributed by atoms with Gasteiger partial charge in [-0.2, -0.15) is 0 Å². The standard InChI is InChI=1S/C11H19NO2/c1-8-5-10(7-14-8)11(12-2)9-3-4-13-6-9/h6,8,10-12H,3-5,7H2,1-2H3. The molecule has 2 heterocycles. The van der Waals surface area contributed by atoms with Gasteiger partial charge in [0.2, 0.25) is 0 Å². The molecule has 1 fully saturated rings. The zero-order chi connectivity index (χ0) is 9.97. The van der Waals surface area contributed by atoms with E-state index in [1.54, 1.807) is 0 Å². The largest absolute Gasteiger partial charge is 0.501 e. The molecule has 0 aromatic rings. The van der Waals surface area contributed by atoms with E-state index >= 15 is 0 Å². The summed E-state index contributed by atoms with van der Waals surface area (Å²) in [7, 11) is 2.02. The first-order valence-corrected chi connectivity index (χ1v) is 5.40. The summed E-state index contributed by atoms with van der Waals surface area (Å²) in [5.74, 6) is 0.614. The quantitative estimate of drug-likeness (QED) is 0.740. The molecule has 1 saturated heterocycles. The molecule has 3 heteroatoms. The molecule has 3 nitrogen and oxygen atoms in total. The Hall–Kier alpha value is -0.540. The van der Waals surface area contributed by atoms with Crippen molar-refractivity contribution in [1.82, 2.24) is 5.32 Å². The van der Waals surface area contributed by atoms with Crippen LogP contribution in [0.2, 0.25) is 0 Å². The molecular weight excluding hydrogens is 178 g/mol. The van der Waals surface area contributed by atoms with Crippen LogP contribution in [-0.2, 0) is 9.47 Å². The summed E-state index contributed by atoms with van der Waals surface area (Å²) < 4.78 is 10.9. The fraction of sp³-hybridized carbons (Fsp3) is 0.818. The second kappa shape index (κ2) is 4.32. The van der Waals surface area contributed by atoms with E-state index in [1.807, 2.05) is 13.3 Å². The fourth-order valence-corrected chi connectivity index (χ4v) is 2.44. The lowest BCUT2D eigenvalue weighted by atomic mass is 9.90. The zero-order valence-electron chi connectivity index (χ0n) is 8.95. The third kappa shape index (κ3) is 1.93. The second-order valence-corrected chi connectivity index (χ2v) is 4.22. The zero-order valence-corrected chi connectivity index (χ0v) is 8.95. The predicted molar refractivity (Wildman–Crippen MR) is 55.0 cm³/mol. The average molecular weight is 197 g/mol. The normalized spacial score (nSPS) is 34.0. The van der Waals surface area contributed by atoms with Crippen molar-refractivity contribution in [2.45, 2.75) is 31.9 Å². The smallest absolute Gasteiger partial charge is 0.0912 e. The van der Waals surface area contributed by atoms with Crippen molar-refractivity contribution in [1.29, 1.82) is 0 Å². The van der Waals surface area contributed by atoms with E-state index in [0.717, 1.165) is 26.1 Å². The summed E-state index contributed by atoms with van der Waals surface area (Å²) in [6, 6.07) is 0.447. The van der Waals surface area contributed by atoms with Gasteiger partial charge in [-0.25, -0.2) is 0 Å². The predicted octanol–water partition coefficient (Wildman–Crippen LogP) is 1.30. The number of hydrogen-bond donors (Lipinski definition) is 1. The van der Waals surface area contributed by atoms with Crippen LogP contribution < -0.4 is 5.32 Å². The van der Waals surface area contributed by atoms with Gasteiger partial charge in [0.05, 0.1) is 25.6 Å². The molecular formula is C11H19NO2. The Bertz CT molecular complexity index is 227. The Kier molecular flexibility index (Phi) is 3.08. The van der Waals surface area contributed by atoms with E-state index in [4.69, 9.17) is 9.47 Å². The van der Waals surface area contributed by atoms with Gasteiger partial charge in [-0.05, 0) is 26.0 Å². The molecule has 0 bridgehead atoms. The van der Waals surface area contributed by atoms with Crippen molar-refractivity contribution in [2.75, 3.05) is 20.3 Å². The van der Waals surface area contributed by atoms with E-state index in [9.17, 15) is 0 Å². The van der Waals surface area contributed by atoms with Crippen LogP contribution in [0, 0.1) is 5.92 Å². The van der Waals surface area contributed by atoms with Crippen LogP contribution in [0.5, 0.6) is 0 Å². The van der Waals surface area contributed by atoms with E-state index in [1.165, 1.54) is 5.57 Å². The highest BCUT2D eigenvalue weighted by Gasteiger charge is 2.31. The minimum absolute atomic E-state index is 0.416. The highest BCUT2D eigenvalue weighted by atomic mass is 16.5. The lowest BCUT2D eigenvalue weighted by Crippen LogP contribution is -2.35. The van der Waals surface area contributed by atoms with Crippen LogP contribution in [0.15, 0.2) is 11.8 Å². The highest BCUT2D eigenvalue weighted by Crippen LogP contribution is 2.28. The summed E-state index contributed by atoms with van der Waals surface area (Å²) in [6.45, 7) is 3.87. The van der Waals surface area contributed by atoms with Crippen molar-refractivity contribution < 1.29 is 9.47 Å². The fourth-order valence-electron chi connectivity index (χ4n) is 2.44. The maximum atomic E-state index is 5.60. The van der Waals surface area contributed by atoms with Crippen LogP contribution in [-0.4, -0.2) is 32.4 Å². The lowest BCUT2D eigenvalue weighted by molar-refractivity contribution is 0.118. The first kappa shape index (κ1) is 9.99. The van der Waals surface area contributed by atoms with Crippen molar-refractivity contribution in [3.63, 3.8) is 0 Å². The monoisotopic (exact) mass is 197 g/mol. The van der Waals surface area contributed by atoms with E-state index < -0.39 is 0 Å². The Balaban J connectivity index is 1.98. The van der Waals surface area contributed by atoms with Gasteiger partial charge < -0.3 is 14.8 Å². The average Bonchev–Trinajstić information content (AvgIpc) is 2.79. The van der Waals surface area contributed by atoms with E-state index in [0.29, 0.717) is 18.1 Å². The Labute approximate surface area is 85.5 Å². The van der Waals surface area contributed by atoms with Gasteiger partial charge in [0, 0.05) is 18.4 Å². The lowest BCUT2D eigenvalue weighted by Gasteiger charge is -2.22. The van der Waals surface area contributed by atoms with Gasteiger partial charge in [-0.15, -0.1) is 0 Å². The molecule has 2 rings (SSSR count). The molecule has 80 valence electrons. The molecule has 0 radical (unpaired) electrons. The molecule has 0 aliphatic carbocycles. The van der Waals surface area contributed by atoms with Gasteiger partial charge >= 0.3 is 0 Å². The third-order valence-corrected chi connectivity index (χ3v) is 3.15. The van der Waals surface area contributed by atoms with Crippen LogP contribution in [0.4, 0.5) is 0 Å². The van der Waals surface area contributed by atoms with Crippen molar-refractivity contribution in [2.24, 2.45) is 5.92 Å². The topological polar surface area (TPSA) is 30.5 Å². The Morgan fingerprint density at radius 2 is 2.43 bits per heavy atom. The van der Waals surface area contributed by atoms with Gasteiger partial charge in [0.15, 0.2) is 0 Å². The number of nitrogens with one attached hydrogen (secondary N) is 1. The molecule has 2 aliphatic rings. The van der Waals surface area contributed by atoms with E-state index in [-0.39, 0.29) is 0 Å². The molecule has 0 aromatic carbocycles. The Morgan fingerprint density at radius 3 is 2.93 bits per heavy atom. The number of hydrogen-bond acceptors (Lipinski definition) is 3. The first-order chi connectivity index (χ1) is 6.81. The Morgan fingerprint density at radius 1 is 1.57 bits per heavy atom. The first-order valence-electron chi connectivity index (χ1n) is 5.40. The second-order valence-electron chi connectivity index (χ2n) is 4.22. The van der Waals surface area contributed by atoms with Gasteiger partial charge in [0.25, 0.3) is 0 Å². The van der Waals surface area contributed by atoms with Gasteiger partial charge in [-0.1, -0.05) is 0 Å². The molecule has 0 aromatic heterocycles. The molecule has 3 atom stereocenters. The van der Waals surface area contributed by atoms with Crippen LogP contribution >= 0.6 is 0 Å².